The summed E-state index contributed by atoms with van der Waals surface area (Å²) in [5.74, 6) is -0.0999. The zero-order valence-electron chi connectivity index (χ0n) is 11.8. The van der Waals surface area contributed by atoms with Gasteiger partial charge in [-0.05, 0) is 25.3 Å². The Kier molecular flexibility index (Phi) is 4.97. The van der Waals surface area contributed by atoms with Crippen LogP contribution in [0.25, 0.3) is 0 Å². The molecule has 3 heteroatoms. The molecule has 2 rings (SSSR count). The molecule has 3 nitrogen and oxygen atoms in total. The van der Waals surface area contributed by atoms with Crippen LogP contribution in [0.3, 0.4) is 0 Å². The molecular weight excluding hydrogens is 238 g/mol. The van der Waals surface area contributed by atoms with Crippen molar-refractivity contribution in [2.75, 3.05) is 7.11 Å². The van der Waals surface area contributed by atoms with Gasteiger partial charge < -0.3 is 4.74 Å². The fourth-order valence-electron chi connectivity index (χ4n) is 2.91. The van der Waals surface area contributed by atoms with E-state index in [1.165, 1.54) is 25.5 Å². The summed E-state index contributed by atoms with van der Waals surface area (Å²) >= 11 is 0. The quantitative estimate of drug-likeness (QED) is 0.780. The molecule has 1 fully saturated rings. The Morgan fingerprint density at radius 2 is 2.05 bits per heavy atom. The lowest BCUT2D eigenvalue weighted by Crippen LogP contribution is -2.45. The summed E-state index contributed by atoms with van der Waals surface area (Å²) in [6.45, 7) is 3.18. The molecule has 0 N–H and O–H groups in total. The lowest BCUT2D eigenvalue weighted by atomic mass is 9.93. The van der Waals surface area contributed by atoms with Gasteiger partial charge in [0.05, 0.1) is 13.5 Å². The fourth-order valence-corrected chi connectivity index (χ4v) is 2.91. The maximum absolute atomic E-state index is 11.5. The highest BCUT2D eigenvalue weighted by Gasteiger charge is 2.29. The first kappa shape index (κ1) is 14.1. The highest BCUT2D eigenvalue weighted by molar-refractivity contribution is 5.69. The van der Waals surface area contributed by atoms with Gasteiger partial charge in [-0.1, -0.05) is 36.8 Å². The molecule has 0 saturated carbocycles. The SMILES string of the molecule is COC(=O)C[C@@H]1CCC[C@@H](C)N1Cc1ccccc1. The van der Waals surface area contributed by atoms with Crippen LogP contribution in [-0.4, -0.2) is 30.1 Å². The van der Waals surface area contributed by atoms with Crippen molar-refractivity contribution in [3.63, 3.8) is 0 Å². The molecule has 0 bridgehead atoms. The molecule has 0 amide bonds. The van der Waals surface area contributed by atoms with Crippen molar-refractivity contribution < 1.29 is 9.53 Å². The summed E-state index contributed by atoms with van der Waals surface area (Å²) < 4.78 is 4.82. The van der Waals surface area contributed by atoms with Crippen molar-refractivity contribution in [1.29, 1.82) is 0 Å². The standard InChI is InChI=1S/C16H23NO2/c1-13-7-6-10-15(11-16(18)19-2)17(13)12-14-8-4-3-5-9-14/h3-5,8-9,13,15H,6-7,10-12H2,1-2H3/t13-,15+/m1/s1. The van der Waals surface area contributed by atoms with Crippen LogP contribution in [0.2, 0.25) is 0 Å². The number of esters is 1. The predicted octanol–water partition coefficient (Wildman–Crippen LogP) is 2.99. The van der Waals surface area contributed by atoms with E-state index < -0.39 is 0 Å². The number of nitrogens with zero attached hydrogens (tertiary/aromatic N) is 1. The van der Waals surface area contributed by atoms with Crippen molar-refractivity contribution in [2.45, 2.75) is 51.2 Å². The predicted molar refractivity (Wildman–Crippen MR) is 75.7 cm³/mol. The van der Waals surface area contributed by atoms with Crippen LogP contribution in [0.4, 0.5) is 0 Å². The average molecular weight is 261 g/mol. The Labute approximate surface area is 115 Å². The first-order valence-electron chi connectivity index (χ1n) is 7.07. The Bertz CT molecular complexity index is 404. The van der Waals surface area contributed by atoms with Crippen LogP contribution in [0.1, 0.15) is 38.2 Å². The minimum Gasteiger partial charge on any atom is -0.469 e. The molecule has 2 atom stereocenters. The molecule has 1 aliphatic rings. The third-order valence-corrected chi connectivity index (χ3v) is 4.03. The van der Waals surface area contributed by atoms with Crippen molar-refractivity contribution in [1.82, 2.24) is 4.90 Å². The van der Waals surface area contributed by atoms with E-state index in [9.17, 15) is 4.79 Å². The van der Waals surface area contributed by atoms with E-state index in [1.807, 2.05) is 6.07 Å². The van der Waals surface area contributed by atoms with Crippen LogP contribution in [0, 0.1) is 0 Å². The lowest BCUT2D eigenvalue weighted by molar-refractivity contribution is -0.142. The van der Waals surface area contributed by atoms with Gasteiger partial charge in [-0.3, -0.25) is 9.69 Å². The van der Waals surface area contributed by atoms with E-state index in [-0.39, 0.29) is 5.97 Å². The van der Waals surface area contributed by atoms with Gasteiger partial charge in [0, 0.05) is 18.6 Å². The number of hydrogen-bond acceptors (Lipinski definition) is 3. The molecule has 0 unspecified atom stereocenters. The summed E-state index contributed by atoms with van der Waals surface area (Å²) in [5, 5.41) is 0. The molecule has 1 aromatic rings. The van der Waals surface area contributed by atoms with Crippen LogP contribution in [-0.2, 0) is 16.1 Å². The maximum Gasteiger partial charge on any atom is 0.307 e. The second-order valence-electron chi connectivity index (χ2n) is 5.37. The minimum atomic E-state index is -0.0999. The number of ether oxygens (including phenoxy) is 1. The minimum absolute atomic E-state index is 0.0999. The smallest absolute Gasteiger partial charge is 0.307 e. The second kappa shape index (κ2) is 6.71. The van der Waals surface area contributed by atoms with Gasteiger partial charge in [0.25, 0.3) is 0 Å². The van der Waals surface area contributed by atoms with Gasteiger partial charge in [0.15, 0.2) is 0 Å². The van der Waals surface area contributed by atoms with Gasteiger partial charge >= 0.3 is 5.97 Å². The van der Waals surface area contributed by atoms with E-state index in [0.29, 0.717) is 18.5 Å². The average Bonchev–Trinajstić information content (AvgIpc) is 2.43. The molecule has 0 radical (unpaired) electrons. The molecule has 1 heterocycles. The first-order chi connectivity index (χ1) is 9.20. The largest absolute Gasteiger partial charge is 0.469 e. The Hall–Kier alpha value is -1.35. The summed E-state index contributed by atoms with van der Waals surface area (Å²) in [7, 11) is 1.47. The van der Waals surface area contributed by atoms with E-state index in [2.05, 4.69) is 36.1 Å². The molecule has 19 heavy (non-hydrogen) atoms. The number of carbonyl (C=O) groups excluding carboxylic acids is 1. The van der Waals surface area contributed by atoms with E-state index >= 15 is 0 Å². The molecule has 0 spiro atoms. The Morgan fingerprint density at radius 3 is 2.74 bits per heavy atom. The van der Waals surface area contributed by atoms with Crippen LogP contribution < -0.4 is 0 Å². The topological polar surface area (TPSA) is 29.5 Å². The van der Waals surface area contributed by atoms with Crippen molar-refractivity contribution in [3.8, 4) is 0 Å². The van der Waals surface area contributed by atoms with Crippen LogP contribution >= 0.6 is 0 Å². The van der Waals surface area contributed by atoms with Crippen molar-refractivity contribution in [2.24, 2.45) is 0 Å². The Balaban J connectivity index is 2.05. The first-order valence-corrected chi connectivity index (χ1v) is 7.07. The Morgan fingerprint density at radius 1 is 1.32 bits per heavy atom. The van der Waals surface area contributed by atoms with Gasteiger partial charge in [0.2, 0.25) is 0 Å². The number of rotatable bonds is 4. The summed E-state index contributed by atoms with van der Waals surface area (Å²) in [6.07, 6.45) is 4.01. The summed E-state index contributed by atoms with van der Waals surface area (Å²) in [5.41, 5.74) is 1.31. The number of carbonyl (C=O) groups is 1. The molecule has 1 saturated heterocycles. The maximum atomic E-state index is 11.5. The van der Waals surface area contributed by atoms with Crippen LogP contribution in [0.5, 0.6) is 0 Å². The monoisotopic (exact) mass is 261 g/mol. The number of hydrogen-bond donors (Lipinski definition) is 0. The highest BCUT2D eigenvalue weighted by Crippen LogP contribution is 2.27. The van der Waals surface area contributed by atoms with E-state index in [4.69, 9.17) is 4.74 Å². The molecular formula is C16H23NO2. The molecule has 104 valence electrons. The zero-order valence-corrected chi connectivity index (χ0v) is 11.8. The van der Waals surface area contributed by atoms with E-state index in [0.717, 1.165) is 13.0 Å². The highest BCUT2D eigenvalue weighted by atomic mass is 16.5. The van der Waals surface area contributed by atoms with Crippen molar-refractivity contribution >= 4 is 5.97 Å². The van der Waals surface area contributed by atoms with Gasteiger partial charge in [-0.2, -0.15) is 0 Å². The fraction of sp³-hybridized carbons (Fsp3) is 0.562. The molecule has 1 aromatic carbocycles. The number of piperidine rings is 1. The van der Waals surface area contributed by atoms with Crippen LogP contribution in [0.15, 0.2) is 30.3 Å². The van der Waals surface area contributed by atoms with Gasteiger partial charge in [-0.25, -0.2) is 0 Å². The van der Waals surface area contributed by atoms with Gasteiger partial charge in [-0.15, -0.1) is 0 Å². The second-order valence-corrected chi connectivity index (χ2v) is 5.37. The lowest BCUT2D eigenvalue weighted by Gasteiger charge is -2.40. The summed E-state index contributed by atoms with van der Waals surface area (Å²) in [4.78, 5) is 14.0. The summed E-state index contributed by atoms with van der Waals surface area (Å²) in [6, 6.07) is 11.3. The molecule has 1 aliphatic heterocycles. The third kappa shape index (κ3) is 3.80. The van der Waals surface area contributed by atoms with Crippen molar-refractivity contribution in [3.05, 3.63) is 35.9 Å². The number of benzene rings is 1. The molecule has 0 aliphatic carbocycles. The normalized spacial score (nSPS) is 24.1. The van der Waals surface area contributed by atoms with E-state index in [1.54, 1.807) is 0 Å². The number of likely N-dealkylation sites (tertiary alicyclic amines) is 1. The zero-order chi connectivity index (χ0) is 13.7. The van der Waals surface area contributed by atoms with Gasteiger partial charge in [0.1, 0.15) is 0 Å². The number of methoxy groups -OCH3 is 1. The third-order valence-electron chi connectivity index (χ3n) is 4.03. The molecule has 0 aromatic heterocycles.